The second-order valence-corrected chi connectivity index (χ2v) is 5.61. The number of anilines is 1. The molecule has 140 valence electrons. The SMILES string of the molecule is C[C@@H](OC(=O)CNC(=O)c1ccccc1)C(=O)Nc1ccc(C(N)=O)cc1. The van der Waals surface area contributed by atoms with Gasteiger partial charge in [-0.25, -0.2) is 0 Å². The molecule has 2 rings (SSSR count). The van der Waals surface area contributed by atoms with E-state index in [1.165, 1.54) is 31.2 Å². The van der Waals surface area contributed by atoms with Gasteiger partial charge in [0.05, 0.1) is 0 Å². The zero-order chi connectivity index (χ0) is 19.8. The van der Waals surface area contributed by atoms with Crippen molar-refractivity contribution in [2.24, 2.45) is 5.73 Å². The quantitative estimate of drug-likeness (QED) is 0.630. The zero-order valence-electron chi connectivity index (χ0n) is 14.6. The minimum absolute atomic E-state index is 0.307. The van der Waals surface area contributed by atoms with Crippen molar-refractivity contribution in [3.63, 3.8) is 0 Å². The fourth-order valence-corrected chi connectivity index (χ4v) is 2.10. The van der Waals surface area contributed by atoms with Crippen molar-refractivity contribution in [2.45, 2.75) is 13.0 Å². The van der Waals surface area contributed by atoms with E-state index >= 15 is 0 Å². The maximum atomic E-state index is 12.1. The summed E-state index contributed by atoms with van der Waals surface area (Å²) in [5.74, 6) is -2.29. The van der Waals surface area contributed by atoms with E-state index in [9.17, 15) is 19.2 Å². The van der Waals surface area contributed by atoms with E-state index in [1.807, 2.05) is 0 Å². The Balaban J connectivity index is 1.80. The number of ether oxygens (including phenoxy) is 1. The summed E-state index contributed by atoms with van der Waals surface area (Å²) in [7, 11) is 0. The Morgan fingerprint density at radius 2 is 1.59 bits per heavy atom. The van der Waals surface area contributed by atoms with Crippen LogP contribution in [0.2, 0.25) is 0 Å². The van der Waals surface area contributed by atoms with Crippen LogP contribution in [0.25, 0.3) is 0 Å². The molecule has 0 aliphatic heterocycles. The molecule has 0 aliphatic rings. The van der Waals surface area contributed by atoms with Crippen molar-refractivity contribution in [3.8, 4) is 0 Å². The molecule has 2 aromatic carbocycles. The van der Waals surface area contributed by atoms with Gasteiger partial charge < -0.3 is 21.1 Å². The lowest BCUT2D eigenvalue weighted by atomic mass is 10.2. The molecule has 0 aromatic heterocycles. The fraction of sp³-hybridized carbons (Fsp3) is 0.158. The highest BCUT2D eigenvalue weighted by Gasteiger charge is 2.18. The first-order valence-corrected chi connectivity index (χ1v) is 8.10. The Kier molecular flexibility index (Phi) is 6.65. The van der Waals surface area contributed by atoms with E-state index in [0.717, 1.165) is 0 Å². The van der Waals surface area contributed by atoms with Crippen LogP contribution in [0.3, 0.4) is 0 Å². The first-order chi connectivity index (χ1) is 12.9. The molecule has 0 radical (unpaired) electrons. The van der Waals surface area contributed by atoms with Crippen LogP contribution in [0.15, 0.2) is 54.6 Å². The molecule has 8 nitrogen and oxygen atoms in total. The molecule has 0 saturated heterocycles. The van der Waals surface area contributed by atoms with Gasteiger partial charge in [-0.1, -0.05) is 18.2 Å². The van der Waals surface area contributed by atoms with Crippen molar-refractivity contribution >= 4 is 29.4 Å². The maximum Gasteiger partial charge on any atom is 0.326 e. The van der Waals surface area contributed by atoms with Crippen LogP contribution >= 0.6 is 0 Å². The standard InChI is InChI=1S/C19H19N3O5/c1-12(18(25)22-15-9-7-13(8-10-15)17(20)24)27-16(23)11-21-19(26)14-5-3-2-4-6-14/h2-10,12H,11H2,1H3,(H2,20,24)(H,21,26)(H,22,25)/t12-/m1/s1. The van der Waals surface area contributed by atoms with Crippen molar-refractivity contribution in [3.05, 3.63) is 65.7 Å². The smallest absolute Gasteiger partial charge is 0.326 e. The van der Waals surface area contributed by atoms with Gasteiger partial charge in [-0.05, 0) is 43.3 Å². The number of hydrogen-bond donors (Lipinski definition) is 3. The summed E-state index contributed by atoms with van der Waals surface area (Å²) in [5, 5.41) is 4.97. The third-order valence-corrected chi connectivity index (χ3v) is 3.54. The highest BCUT2D eigenvalue weighted by atomic mass is 16.5. The molecule has 8 heteroatoms. The number of hydrogen-bond acceptors (Lipinski definition) is 5. The van der Waals surface area contributed by atoms with Crippen LogP contribution in [-0.2, 0) is 14.3 Å². The number of nitrogens with two attached hydrogens (primary N) is 1. The summed E-state index contributed by atoms with van der Waals surface area (Å²) in [6.07, 6.45) is -1.07. The first-order valence-electron chi connectivity index (χ1n) is 8.10. The van der Waals surface area contributed by atoms with E-state index in [4.69, 9.17) is 10.5 Å². The van der Waals surface area contributed by atoms with Crippen LogP contribution in [0, 0.1) is 0 Å². The summed E-state index contributed by atoms with van der Waals surface area (Å²) in [4.78, 5) is 46.7. The van der Waals surface area contributed by atoms with E-state index < -0.39 is 29.8 Å². The van der Waals surface area contributed by atoms with E-state index in [0.29, 0.717) is 16.8 Å². The molecule has 4 N–H and O–H groups in total. The summed E-state index contributed by atoms with van der Waals surface area (Å²) >= 11 is 0. The van der Waals surface area contributed by atoms with Gasteiger partial charge >= 0.3 is 5.97 Å². The van der Waals surface area contributed by atoms with Crippen LogP contribution in [0.1, 0.15) is 27.6 Å². The molecule has 0 spiro atoms. The summed E-state index contributed by atoms with van der Waals surface area (Å²) in [6, 6.07) is 14.3. The Morgan fingerprint density at radius 3 is 2.19 bits per heavy atom. The number of carbonyl (C=O) groups is 4. The molecule has 3 amide bonds. The van der Waals surface area contributed by atoms with Gasteiger partial charge in [-0.15, -0.1) is 0 Å². The molecular formula is C19H19N3O5. The average molecular weight is 369 g/mol. The molecule has 0 fully saturated rings. The minimum Gasteiger partial charge on any atom is -0.451 e. The zero-order valence-corrected chi connectivity index (χ0v) is 14.6. The second kappa shape index (κ2) is 9.14. The summed E-state index contributed by atoms with van der Waals surface area (Å²) in [6.45, 7) is 1.04. The van der Waals surface area contributed by atoms with Crippen LogP contribution in [0.5, 0.6) is 0 Å². The molecule has 2 aromatic rings. The van der Waals surface area contributed by atoms with Crippen molar-refractivity contribution < 1.29 is 23.9 Å². The predicted molar refractivity (Wildman–Crippen MR) is 97.9 cm³/mol. The first kappa shape index (κ1) is 19.6. The van der Waals surface area contributed by atoms with Gasteiger partial charge in [-0.2, -0.15) is 0 Å². The van der Waals surface area contributed by atoms with Gasteiger partial charge in [0.2, 0.25) is 5.91 Å². The van der Waals surface area contributed by atoms with Gasteiger partial charge in [0.1, 0.15) is 6.54 Å². The normalized spacial score (nSPS) is 11.1. The third kappa shape index (κ3) is 5.96. The van der Waals surface area contributed by atoms with Crippen LogP contribution in [-0.4, -0.2) is 36.3 Å². The molecule has 0 aliphatic carbocycles. The molecule has 27 heavy (non-hydrogen) atoms. The fourth-order valence-electron chi connectivity index (χ4n) is 2.10. The van der Waals surface area contributed by atoms with Crippen LogP contribution in [0.4, 0.5) is 5.69 Å². The number of primary amides is 1. The third-order valence-electron chi connectivity index (χ3n) is 3.54. The lowest BCUT2D eigenvalue weighted by Gasteiger charge is -2.14. The van der Waals surface area contributed by atoms with Gasteiger partial charge in [0.25, 0.3) is 11.8 Å². The highest BCUT2D eigenvalue weighted by Crippen LogP contribution is 2.10. The molecule has 0 unspecified atom stereocenters. The maximum absolute atomic E-state index is 12.1. The molecule has 0 bridgehead atoms. The largest absolute Gasteiger partial charge is 0.451 e. The number of amides is 3. The number of carbonyl (C=O) groups excluding carboxylic acids is 4. The van der Waals surface area contributed by atoms with Crippen molar-refractivity contribution in [1.29, 1.82) is 0 Å². The highest BCUT2D eigenvalue weighted by molar-refractivity contribution is 5.98. The molecular weight excluding hydrogens is 350 g/mol. The van der Waals surface area contributed by atoms with Crippen molar-refractivity contribution in [1.82, 2.24) is 5.32 Å². The average Bonchev–Trinajstić information content (AvgIpc) is 2.67. The number of benzene rings is 2. The molecule has 0 heterocycles. The topological polar surface area (TPSA) is 128 Å². The lowest BCUT2D eigenvalue weighted by molar-refractivity contribution is -0.152. The number of rotatable bonds is 7. The Labute approximate surface area is 155 Å². The summed E-state index contributed by atoms with van der Waals surface area (Å²) in [5.41, 5.74) is 6.28. The van der Waals surface area contributed by atoms with Crippen molar-refractivity contribution in [2.75, 3.05) is 11.9 Å². The van der Waals surface area contributed by atoms with Gasteiger partial charge in [0, 0.05) is 16.8 Å². The van der Waals surface area contributed by atoms with E-state index in [1.54, 1.807) is 30.3 Å². The number of esters is 1. The van der Waals surface area contributed by atoms with Crippen LogP contribution < -0.4 is 16.4 Å². The lowest BCUT2D eigenvalue weighted by Crippen LogP contribution is -2.35. The minimum atomic E-state index is -1.07. The van der Waals surface area contributed by atoms with E-state index in [-0.39, 0.29) is 6.54 Å². The number of nitrogens with one attached hydrogen (secondary N) is 2. The molecule has 0 saturated carbocycles. The van der Waals surface area contributed by atoms with E-state index in [2.05, 4.69) is 10.6 Å². The summed E-state index contributed by atoms with van der Waals surface area (Å²) < 4.78 is 4.99. The Hall–Kier alpha value is -3.68. The Morgan fingerprint density at radius 1 is 0.963 bits per heavy atom. The van der Waals surface area contributed by atoms with Gasteiger partial charge in [-0.3, -0.25) is 19.2 Å². The predicted octanol–water partition coefficient (Wildman–Crippen LogP) is 1.09. The Bertz CT molecular complexity index is 834. The monoisotopic (exact) mass is 369 g/mol. The second-order valence-electron chi connectivity index (χ2n) is 5.61. The van der Waals surface area contributed by atoms with Gasteiger partial charge in [0.15, 0.2) is 6.10 Å². The molecule has 1 atom stereocenters.